The number of amides is 1. The van der Waals surface area contributed by atoms with E-state index in [4.69, 9.17) is 9.15 Å². The number of nitrogens with one attached hydrogen (secondary N) is 2. The number of carbonyl (C=O) groups is 1. The summed E-state index contributed by atoms with van der Waals surface area (Å²) < 4.78 is 12.4. The number of carbonyl (C=O) groups excluding carboxylic acids is 1. The first-order valence-corrected chi connectivity index (χ1v) is 12.1. The summed E-state index contributed by atoms with van der Waals surface area (Å²) in [4.78, 5) is 15.5. The summed E-state index contributed by atoms with van der Waals surface area (Å²) in [5, 5.41) is 4.02. The first-order valence-electron chi connectivity index (χ1n) is 10.5. The maximum atomic E-state index is 12.8. The second-order valence-corrected chi connectivity index (χ2v) is 10.4. The van der Waals surface area contributed by atoms with Gasteiger partial charge in [0.15, 0.2) is 5.76 Å². The third-order valence-electron chi connectivity index (χ3n) is 5.87. The number of hydrogen-bond acceptors (Lipinski definition) is 4. The standard InChI is InChI=1S/C24H27BrN2O3S/c1-14-12-27(13-15(2)30-14)22(18-7-9-19(25)10-8-18)21-16(3)17(4)31-24(21)26-23(28)20-6-5-11-29-20/h5-11,14-15,22H,12-13H2,1-4H3,(H,26,28)/p+1/t14-,15+,22-/m0/s1. The molecular weight excluding hydrogens is 476 g/mol. The molecule has 2 aromatic heterocycles. The lowest BCUT2D eigenvalue weighted by Crippen LogP contribution is -3.15. The van der Waals surface area contributed by atoms with Gasteiger partial charge in [0.1, 0.15) is 36.3 Å². The zero-order chi connectivity index (χ0) is 22.1. The van der Waals surface area contributed by atoms with Crippen molar-refractivity contribution in [3.8, 4) is 0 Å². The Balaban J connectivity index is 1.79. The van der Waals surface area contributed by atoms with Crippen molar-refractivity contribution in [2.24, 2.45) is 0 Å². The zero-order valence-electron chi connectivity index (χ0n) is 18.2. The van der Waals surface area contributed by atoms with Gasteiger partial charge in [-0.3, -0.25) is 4.79 Å². The van der Waals surface area contributed by atoms with Crippen LogP contribution < -0.4 is 10.2 Å². The molecule has 1 aliphatic heterocycles. The number of aryl methyl sites for hydroxylation is 1. The van der Waals surface area contributed by atoms with Gasteiger partial charge in [0.25, 0.3) is 5.91 Å². The maximum absolute atomic E-state index is 12.8. The van der Waals surface area contributed by atoms with Gasteiger partial charge >= 0.3 is 0 Å². The molecule has 164 valence electrons. The molecule has 1 saturated heterocycles. The molecule has 3 heterocycles. The molecule has 0 bridgehead atoms. The minimum Gasteiger partial charge on any atom is -0.459 e. The third kappa shape index (κ3) is 4.80. The molecule has 1 fully saturated rings. The topological polar surface area (TPSA) is 55.9 Å². The summed E-state index contributed by atoms with van der Waals surface area (Å²) >= 11 is 5.19. The minimum absolute atomic E-state index is 0.0961. The van der Waals surface area contributed by atoms with Crippen LogP contribution in [-0.2, 0) is 4.74 Å². The van der Waals surface area contributed by atoms with Crippen molar-refractivity contribution < 1.29 is 18.8 Å². The van der Waals surface area contributed by atoms with E-state index in [9.17, 15) is 4.79 Å². The van der Waals surface area contributed by atoms with E-state index in [1.54, 1.807) is 23.5 Å². The molecule has 0 radical (unpaired) electrons. The monoisotopic (exact) mass is 503 g/mol. The number of morpholine rings is 1. The smallest absolute Gasteiger partial charge is 0.291 e. The van der Waals surface area contributed by atoms with E-state index in [0.717, 1.165) is 22.6 Å². The number of ether oxygens (including phenoxy) is 1. The maximum Gasteiger partial charge on any atom is 0.291 e. The molecule has 2 N–H and O–H groups in total. The van der Waals surface area contributed by atoms with Crippen molar-refractivity contribution >= 4 is 38.2 Å². The van der Waals surface area contributed by atoms with Gasteiger partial charge in [-0.25, -0.2) is 0 Å². The fourth-order valence-electron chi connectivity index (χ4n) is 4.47. The van der Waals surface area contributed by atoms with Crippen LogP contribution in [0, 0.1) is 13.8 Å². The molecule has 1 amide bonds. The molecule has 0 spiro atoms. The van der Waals surface area contributed by atoms with Crippen molar-refractivity contribution in [1.29, 1.82) is 0 Å². The number of halogens is 1. The first-order chi connectivity index (χ1) is 14.8. The largest absolute Gasteiger partial charge is 0.459 e. The van der Waals surface area contributed by atoms with Gasteiger partial charge in [-0.2, -0.15) is 0 Å². The van der Waals surface area contributed by atoms with E-state index in [1.165, 1.54) is 32.7 Å². The molecule has 4 rings (SSSR count). The van der Waals surface area contributed by atoms with Gasteiger partial charge in [0, 0.05) is 14.9 Å². The molecule has 0 aliphatic carbocycles. The van der Waals surface area contributed by atoms with Crippen molar-refractivity contribution in [3.63, 3.8) is 0 Å². The highest BCUT2D eigenvalue weighted by atomic mass is 79.9. The summed E-state index contributed by atoms with van der Waals surface area (Å²) in [6.45, 7) is 10.4. The van der Waals surface area contributed by atoms with Crippen molar-refractivity contribution in [2.45, 2.75) is 45.9 Å². The Morgan fingerprint density at radius 1 is 1.16 bits per heavy atom. The Morgan fingerprint density at radius 3 is 2.45 bits per heavy atom. The molecule has 31 heavy (non-hydrogen) atoms. The molecule has 0 saturated carbocycles. The lowest BCUT2D eigenvalue weighted by atomic mass is 9.94. The van der Waals surface area contributed by atoms with Crippen molar-refractivity contribution in [1.82, 2.24) is 0 Å². The molecule has 7 heteroatoms. The van der Waals surface area contributed by atoms with Gasteiger partial charge in [0.2, 0.25) is 0 Å². The van der Waals surface area contributed by atoms with Gasteiger partial charge in [-0.15, -0.1) is 11.3 Å². The number of rotatable bonds is 5. The van der Waals surface area contributed by atoms with Crippen LogP contribution in [0.5, 0.6) is 0 Å². The van der Waals surface area contributed by atoms with Crippen LogP contribution in [0.15, 0.2) is 51.6 Å². The van der Waals surface area contributed by atoms with E-state index in [2.05, 4.69) is 73.2 Å². The van der Waals surface area contributed by atoms with Crippen LogP contribution in [-0.4, -0.2) is 31.2 Å². The van der Waals surface area contributed by atoms with Gasteiger partial charge < -0.3 is 19.4 Å². The van der Waals surface area contributed by atoms with Gasteiger partial charge in [-0.1, -0.05) is 28.1 Å². The van der Waals surface area contributed by atoms with Crippen LogP contribution >= 0.6 is 27.3 Å². The minimum atomic E-state index is -0.222. The van der Waals surface area contributed by atoms with Crippen molar-refractivity contribution in [2.75, 3.05) is 18.4 Å². The number of furan rings is 1. The van der Waals surface area contributed by atoms with E-state index in [0.29, 0.717) is 5.76 Å². The average Bonchev–Trinajstić information content (AvgIpc) is 3.34. The number of hydrogen-bond donors (Lipinski definition) is 2. The molecular formula is C24H28BrN2O3S+. The molecule has 1 aromatic carbocycles. The predicted molar refractivity (Wildman–Crippen MR) is 127 cm³/mol. The van der Waals surface area contributed by atoms with E-state index in [-0.39, 0.29) is 24.2 Å². The lowest BCUT2D eigenvalue weighted by Gasteiger charge is -2.38. The van der Waals surface area contributed by atoms with Crippen LogP contribution in [0.3, 0.4) is 0 Å². The fourth-order valence-corrected chi connectivity index (χ4v) is 5.83. The van der Waals surface area contributed by atoms with Crippen LogP contribution in [0.1, 0.15) is 52.0 Å². The Morgan fingerprint density at radius 2 is 1.84 bits per heavy atom. The number of anilines is 1. The quantitative estimate of drug-likeness (QED) is 0.527. The van der Waals surface area contributed by atoms with E-state index < -0.39 is 0 Å². The SMILES string of the molecule is Cc1sc(NC(=O)c2ccco2)c([C@H](c2ccc(Br)cc2)[NH+]2C[C@@H](C)O[C@@H](C)C2)c1C. The highest BCUT2D eigenvalue weighted by Crippen LogP contribution is 2.39. The summed E-state index contributed by atoms with van der Waals surface area (Å²) in [6, 6.07) is 12.0. The normalized spacial score (nSPS) is 22.3. The van der Waals surface area contributed by atoms with E-state index in [1.807, 2.05) is 0 Å². The van der Waals surface area contributed by atoms with Crippen molar-refractivity contribution in [3.05, 3.63) is 74.5 Å². The first kappa shape index (κ1) is 22.3. The second kappa shape index (κ2) is 9.28. The summed E-state index contributed by atoms with van der Waals surface area (Å²) in [5.74, 6) is 0.0941. The molecule has 4 atom stereocenters. The second-order valence-electron chi connectivity index (χ2n) is 8.27. The van der Waals surface area contributed by atoms with Crippen LogP contribution in [0.25, 0.3) is 0 Å². The summed E-state index contributed by atoms with van der Waals surface area (Å²) in [5.41, 5.74) is 3.64. The zero-order valence-corrected chi connectivity index (χ0v) is 20.6. The highest BCUT2D eigenvalue weighted by Gasteiger charge is 2.37. The van der Waals surface area contributed by atoms with Gasteiger partial charge in [0.05, 0.1) is 11.8 Å². The molecule has 1 unspecified atom stereocenters. The lowest BCUT2D eigenvalue weighted by molar-refractivity contribution is -0.939. The van der Waals surface area contributed by atoms with Crippen LogP contribution in [0.4, 0.5) is 5.00 Å². The fraction of sp³-hybridized carbons (Fsp3) is 0.375. The Kier molecular flexibility index (Phi) is 6.67. The molecule has 5 nitrogen and oxygen atoms in total. The van der Waals surface area contributed by atoms with Crippen LogP contribution in [0.2, 0.25) is 0 Å². The third-order valence-corrected chi connectivity index (χ3v) is 7.54. The van der Waals surface area contributed by atoms with Gasteiger partial charge in [-0.05, 0) is 57.5 Å². The van der Waals surface area contributed by atoms with E-state index >= 15 is 0 Å². The molecule has 3 aromatic rings. The number of quaternary nitrogens is 1. The molecule has 1 aliphatic rings. The summed E-state index contributed by atoms with van der Waals surface area (Å²) in [6.07, 6.45) is 1.88. The highest BCUT2D eigenvalue weighted by molar-refractivity contribution is 9.10. The Bertz CT molecular complexity index is 1040. The number of thiophene rings is 1. The average molecular weight is 504 g/mol. The Labute approximate surface area is 195 Å². The predicted octanol–water partition coefficient (Wildman–Crippen LogP) is 4.75. The Hall–Kier alpha value is -1.93. The summed E-state index contributed by atoms with van der Waals surface area (Å²) in [7, 11) is 0. The number of benzene rings is 1.